The second kappa shape index (κ2) is 9.11. The number of anilines is 1. The Morgan fingerprint density at radius 2 is 1.88 bits per heavy atom. The van der Waals surface area contributed by atoms with Crippen molar-refractivity contribution in [3.63, 3.8) is 0 Å². The fourth-order valence-corrected chi connectivity index (χ4v) is 4.66. The van der Waals surface area contributed by atoms with Gasteiger partial charge in [-0.25, -0.2) is 9.37 Å². The largest absolute Gasteiger partial charge is 0.382 e. The number of nitrogens with one attached hydrogen (secondary N) is 2. The summed E-state index contributed by atoms with van der Waals surface area (Å²) in [4.78, 5) is 34.2. The number of aromatic amines is 1. The number of H-pyrrole nitrogens is 1. The van der Waals surface area contributed by atoms with E-state index in [1.165, 1.54) is 12.1 Å². The van der Waals surface area contributed by atoms with Gasteiger partial charge in [-0.1, -0.05) is 30.3 Å². The molecule has 4 aromatic rings. The summed E-state index contributed by atoms with van der Waals surface area (Å²) in [7, 11) is 0. The summed E-state index contributed by atoms with van der Waals surface area (Å²) in [5, 5.41) is 6.08. The topological polar surface area (TPSA) is 78.1 Å². The molecule has 1 fully saturated rings. The molecular formula is C26H25FN4O2. The molecule has 0 atom stereocenters. The monoisotopic (exact) mass is 444 g/mol. The summed E-state index contributed by atoms with van der Waals surface area (Å²) in [6, 6.07) is 16.0. The minimum Gasteiger partial charge on any atom is -0.382 e. The van der Waals surface area contributed by atoms with Crippen LogP contribution in [0.3, 0.4) is 0 Å². The van der Waals surface area contributed by atoms with E-state index in [4.69, 9.17) is 0 Å². The minimum atomic E-state index is -0.312. The van der Waals surface area contributed by atoms with Crippen LogP contribution in [0.2, 0.25) is 0 Å². The molecule has 0 bridgehead atoms. The molecule has 6 nitrogen and oxygen atoms in total. The number of Topliss-reactive ketones (excluding diaryl/α,β-unsaturated/α-hetero) is 1. The first-order valence-electron chi connectivity index (χ1n) is 11.2. The first-order valence-corrected chi connectivity index (χ1v) is 11.2. The number of nitrogens with zero attached hydrogens (tertiary/aromatic N) is 2. The molecule has 0 saturated carbocycles. The van der Waals surface area contributed by atoms with Crippen molar-refractivity contribution in [2.24, 2.45) is 0 Å². The Bertz CT molecular complexity index is 1380. The van der Waals surface area contributed by atoms with Crippen LogP contribution in [0.5, 0.6) is 0 Å². The van der Waals surface area contributed by atoms with Crippen LogP contribution in [-0.2, 0) is 11.2 Å². The number of ketones is 1. The van der Waals surface area contributed by atoms with Gasteiger partial charge in [0.2, 0.25) is 0 Å². The highest BCUT2D eigenvalue weighted by Crippen LogP contribution is 2.28. The Labute approximate surface area is 190 Å². The van der Waals surface area contributed by atoms with Crippen molar-refractivity contribution in [2.45, 2.75) is 25.3 Å². The number of hydrogen-bond donors (Lipinski definition) is 2. The van der Waals surface area contributed by atoms with Crippen molar-refractivity contribution in [3.8, 4) is 0 Å². The highest BCUT2D eigenvalue weighted by atomic mass is 19.1. The predicted molar refractivity (Wildman–Crippen MR) is 128 cm³/mol. The number of fused-ring (bicyclic) bond motifs is 3. The third-order valence-corrected chi connectivity index (χ3v) is 6.26. The van der Waals surface area contributed by atoms with Gasteiger partial charge in [-0.2, -0.15) is 0 Å². The van der Waals surface area contributed by atoms with Crippen LogP contribution in [0.1, 0.15) is 18.4 Å². The number of halogens is 1. The number of benzene rings is 2. The lowest BCUT2D eigenvalue weighted by molar-refractivity contribution is -0.119. The van der Waals surface area contributed by atoms with Gasteiger partial charge in [0.05, 0.1) is 6.54 Å². The Kier molecular flexibility index (Phi) is 5.88. The smallest absolute Gasteiger partial charge is 0.257 e. The summed E-state index contributed by atoms with van der Waals surface area (Å²) in [5.74, 6) is -0.213. The normalized spacial score (nSPS) is 15.2. The zero-order chi connectivity index (χ0) is 22.8. The van der Waals surface area contributed by atoms with Crippen LogP contribution < -0.4 is 10.9 Å². The van der Waals surface area contributed by atoms with Crippen LogP contribution in [0.25, 0.3) is 21.8 Å². The van der Waals surface area contributed by atoms with Gasteiger partial charge >= 0.3 is 0 Å². The summed E-state index contributed by atoms with van der Waals surface area (Å²) in [6.07, 6.45) is 3.76. The molecule has 0 aliphatic carbocycles. The molecule has 7 heteroatoms. The van der Waals surface area contributed by atoms with Gasteiger partial charge in [0, 0.05) is 53.6 Å². The zero-order valence-electron chi connectivity index (χ0n) is 18.2. The first kappa shape index (κ1) is 21.3. The Hall–Kier alpha value is -3.58. The Balaban J connectivity index is 1.25. The number of carbonyl (C=O) groups is 1. The van der Waals surface area contributed by atoms with Gasteiger partial charge in [0.15, 0.2) is 5.78 Å². The van der Waals surface area contributed by atoms with Crippen molar-refractivity contribution in [2.75, 3.05) is 25.0 Å². The standard InChI is InChI=1S/C26H25FN4O2/c27-18-5-3-4-17(14-18)15-20(32)16-31-12-9-19(10-13-31)29-23-8-11-28-25-24(23)21-6-1-2-7-22(21)26(33)30-25/h1-8,11,14,19H,9-10,12-13,15-16H2,(H2,28,29,30,33). The molecule has 3 heterocycles. The summed E-state index contributed by atoms with van der Waals surface area (Å²) in [6.45, 7) is 2.01. The second-order valence-electron chi connectivity index (χ2n) is 8.62. The van der Waals surface area contributed by atoms with Crippen molar-refractivity contribution in [3.05, 3.63) is 82.5 Å². The first-order chi connectivity index (χ1) is 16.1. The predicted octanol–water partition coefficient (Wildman–Crippen LogP) is 3.90. The number of carbonyl (C=O) groups excluding carboxylic acids is 1. The van der Waals surface area contributed by atoms with E-state index in [1.807, 2.05) is 30.3 Å². The number of hydrogen-bond acceptors (Lipinski definition) is 5. The molecule has 1 saturated heterocycles. The lowest BCUT2D eigenvalue weighted by Gasteiger charge is -2.32. The fourth-order valence-electron chi connectivity index (χ4n) is 4.66. The van der Waals surface area contributed by atoms with E-state index in [0.717, 1.165) is 42.4 Å². The van der Waals surface area contributed by atoms with Gasteiger partial charge in [-0.3, -0.25) is 14.5 Å². The third kappa shape index (κ3) is 4.64. The molecule has 0 unspecified atom stereocenters. The Morgan fingerprint density at radius 1 is 1.09 bits per heavy atom. The average molecular weight is 445 g/mol. The van der Waals surface area contributed by atoms with Gasteiger partial charge in [0.25, 0.3) is 5.56 Å². The van der Waals surface area contributed by atoms with Crippen molar-refractivity contribution < 1.29 is 9.18 Å². The van der Waals surface area contributed by atoms with E-state index < -0.39 is 0 Å². The van der Waals surface area contributed by atoms with Crippen LogP contribution in [0.15, 0.2) is 65.6 Å². The summed E-state index contributed by atoms with van der Waals surface area (Å²) >= 11 is 0. The lowest BCUT2D eigenvalue weighted by Crippen LogP contribution is -2.41. The van der Waals surface area contributed by atoms with E-state index in [2.05, 4.69) is 20.2 Å². The van der Waals surface area contributed by atoms with Crippen molar-refractivity contribution >= 4 is 33.3 Å². The lowest BCUT2D eigenvalue weighted by atomic mass is 10.0. The van der Waals surface area contributed by atoms with Crippen LogP contribution in [0, 0.1) is 5.82 Å². The fraction of sp³-hybridized carbons (Fsp3) is 0.269. The van der Waals surface area contributed by atoms with E-state index in [1.54, 1.807) is 18.3 Å². The maximum Gasteiger partial charge on any atom is 0.257 e. The van der Waals surface area contributed by atoms with E-state index in [-0.39, 0.29) is 29.6 Å². The van der Waals surface area contributed by atoms with E-state index >= 15 is 0 Å². The molecule has 2 aromatic heterocycles. The SMILES string of the molecule is O=C(Cc1cccc(F)c1)CN1CCC(Nc2ccnc3[nH]c(=O)c4ccccc4c23)CC1. The molecule has 2 N–H and O–H groups in total. The van der Waals surface area contributed by atoms with E-state index in [0.29, 0.717) is 23.1 Å². The number of piperidine rings is 1. The van der Waals surface area contributed by atoms with Crippen LogP contribution in [0.4, 0.5) is 10.1 Å². The minimum absolute atomic E-state index is 0.0996. The number of rotatable bonds is 6. The maximum atomic E-state index is 13.4. The van der Waals surface area contributed by atoms with Crippen LogP contribution in [-0.4, -0.2) is 46.3 Å². The van der Waals surface area contributed by atoms with Gasteiger partial charge in [-0.15, -0.1) is 0 Å². The quantitative estimate of drug-likeness (QED) is 0.441. The molecule has 0 radical (unpaired) electrons. The molecule has 168 valence electrons. The molecule has 1 aliphatic heterocycles. The van der Waals surface area contributed by atoms with Crippen molar-refractivity contribution in [1.82, 2.24) is 14.9 Å². The number of pyridine rings is 2. The third-order valence-electron chi connectivity index (χ3n) is 6.26. The summed E-state index contributed by atoms with van der Waals surface area (Å²) < 4.78 is 13.4. The van der Waals surface area contributed by atoms with Crippen LogP contribution >= 0.6 is 0 Å². The molecule has 2 aromatic carbocycles. The molecule has 5 rings (SSSR count). The molecule has 1 aliphatic rings. The van der Waals surface area contributed by atoms with E-state index in [9.17, 15) is 14.0 Å². The second-order valence-corrected chi connectivity index (χ2v) is 8.62. The highest BCUT2D eigenvalue weighted by molar-refractivity contribution is 6.10. The Morgan fingerprint density at radius 3 is 2.67 bits per heavy atom. The number of likely N-dealkylation sites (tertiary alicyclic amines) is 1. The molecule has 33 heavy (non-hydrogen) atoms. The van der Waals surface area contributed by atoms with Gasteiger partial charge in [-0.05, 0) is 42.7 Å². The maximum absolute atomic E-state index is 13.4. The molecule has 0 amide bonds. The summed E-state index contributed by atoms with van der Waals surface area (Å²) in [5.41, 5.74) is 2.10. The molecular weight excluding hydrogens is 419 g/mol. The number of aromatic nitrogens is 2. The molecule has 0 spiro atoms. The highest BCUT2D eigenvalue weighted by Gasteiger charge is 2.22. The van der Waals surface area contributed by atoms with Gasteiger partial charge < -0.3 is 10.3 Å². The van der Waals surface area contributed by atoms with Gasteiger partial charge in [0.1, 0.15) is 11.5 Å². The average Bonchev–Trinajstić information content (AvgIpc) is 2.80. The zero-order valence-corrected chi connectivity index (χ0v) is 18.2. The van der Waals surface area contributed by atoms with Crippen molar-refractivity contribution in [1.29, 1.82) is 0 Å².